The Labute approximate surface area is 123 Å². The van der Waals surface area contributed by atoms with Gasteiger partial charge in [-0.3, -0.25) is 9.78 Å². The Morgan fingerprint density at radius 1 is 1.30 bits per heavy atom. The van der Waals surface area contributed by atoms with E-state index in [0.717, 1.165) is 16.6 Å². The van der Waals surface area contributed by atoms with Gasteiger partial charge in [-0.15, -0.1) is 0 Å². The predicted octanol–water partition coefficient (Wildman–Crippen LogP) is 3.09. The summed E-state index contributed by atoms with van der Waals surface area (Å²) in [5, 5.41) is 7.03. The van der Waals surface area contributed by atoms with Crippen LogP contribution in [0.15, 0.2) is 36.5 Å². The molecule has 0 fully saturated rings. The third-order valence-electron chi connectivity index (χ3n) is 2.73. The summed E-state index contributed by atoms with van der Waals surface area (Å²) in [5.41, 5.74) is 1.62. The molecular formula is C15H17N3OS. The summed E-state index contributed by atoms with van der Waals surface area (Å²) in [5.74, 6) is 0.225. The van der Waals surface area contributed by atoms with Gasteiger partial charge in [0.05, 0.1) is 11.2 Å². The number of hydrogen-bond acceptors (Lipinski definition) is 3. The lowest BCUT2D eigenvalue weighted by molar-refractivity contribution is -0.120. The summed E-state index contributed by atoms with van der Waals surface area (Å²) in [7, 11) is 0. The Hall–Kier alpha value is -2.01. The van der Waals surface area contributed by atoms with Crippen LogP contribution in [0.2, 0.25) is 0 Å². The lowest BCUT2D eigenvalue weighted by Crippen LogP contribution is -2.34. The number of rotatable bonds is 3. The van der Waals surface area contributed by atoms with E-state index < -0.39 is 0 Å². The number of anilines is 1. The standard InChI is InChI=1S/C15H17N3OS/c1-10(2)9-13(19)18-15(20)17-12-7-3-5-11-6-4-8-16-14(11)12/h3-8,10H,9H2,1-2H3,(H2,17,18,19,20). The minimum absolute atomic E-state index is 0.0781. The quantitative estimate of drug-likeness (QED) is 0.852. The maximum atomic E-state index is 11.7. The molecule has 0 aliphatic rings. The van der Waals surface area contributed by atoms with Crippen LogP contribution in [-0.2, 0) is 4.79 Å². The molecule has 104 valence electrons. The van der Waals surface area contributed by atoms with E-state index in [4.69, 9.17) is 12.2 Å². The second-order valence-corrected chi connectivity index (χ2v) is 5.39. The van der Waals surface area contributed by atoms with Crippen LogP contribution in [0.1, 0.15) is 20.3 Å². The minimum atomic E-state index is -0.0781. The van der Waals surface area contributed by atoms with Crippen molar-refractivity contribution in [3.63, 3.8) is 0 Å². The summed E-state index contributed by atoms with van der Waals surface area (Å²) in [6.45, 7) is 3.98. The molecule has 1 heterocycles. The van der Waals surface area contributed by atoms with E-state index in [2.05, 4.69) is 15.6 Å². The average molecular weight is 287 g/mol. The molecule has 5 heteroatoms. The number of pyridine rings is 1. The van der Waals surface area contributed by atoms with Crippen molar-refractivity contribution >= 4 is 39.8 Å². The second-order valence-electron chi connectivity index (χ2n) is 4.98. The zero-order valence-electron chi connectivity index (χ0n) is 11.5. The van der Waals surface area contributed by atoms with Crippen molar-refractivity contribution in [2.45, 2.75) is 20.3 Å². The highest BCUT2D eigenvalue weighted by molar-refractivity contribution is 7.80. The molecule has 20 heavy (non-hydrogen) atoms. The van der Waals surface area contributed by atoms with Gasteiger partial charge in [0.1, 0.15) is 0 Å². The second kappa shape index (κ2) is 6.43. The number of thiocarbonyl (C=S) groups is 1. The Morgan fingerprint density at radius 2 is 2.05 bits per heavy atom. The van der Waals surface area contributed by atoms with Crippen LogP contribution in [0.3, 0.4) is 0 Å². The van der Waals surface area contributed by atoms with Crippen LogP contribution < -0.4 is 10.6 Å². The van der Waals surface area contributed by atoms with Crippen molar-refractivity contribution in [1.82, 2.24) is 10.3 Å². The molecule has 0 spiro atoms. The number of hydrogen-bond donors (Lipinski definition) is 2. The van der Waals surface area contributed by atoms with E-state index in [9.17, 15) is 4.79 Å². The van der Waals surface area contributed by atoms with Gasteiger partial charge in [-0.05, 0) is 30.3 Å². The van der Waals surface area contributed by atoms with E-state index in [1.165, 1.54) is 0 Å². The first-order valence-corrected chi connectivity index (χ1v) is 6.91. The molecular weight excluding hydrogens is 270 g/mol. The lowest BCUT2D eigenvalue weighted by Gasteiger charge is -2.12. The maximum absolute atomic E-state index is 11.7. The van der Waals surface area contributed by atoms with Gasteiger partial charge >= 0.3 is 0 Å². The molecule has 2 aromatic rings. The fourth-order valence-electron chi connectivity index (χ4n) is 1.91. The first-order chi connectivity index (χ1) is 9.56. The average Bonchev–Trinajstić information content (AvgIpc) is 2.38. The number of nitrogens with one attached hydrogen (secondary N) is 2. The normalized spacial score (nSPS) is 10.6. The Kier molecular flexibility index (Phi) is 4.63. The SMILES string of the molecule is CC(C)CC(=O)NC(=S)Nc1cccc2cccnc12. The van der Waals surface area contributed by atoms with Gasteiger partial charge in [0.25, 0.3) is 0 Å². The molecule has 0 saturated heterocycles. The smallest absolute Gasteiger partial charge is 0.226 e. The molecule has 2 N–H and O–H groups in total. The molecule has 0 saturated carbocycles. The van der Waals surface area contributed by atoms with Crippen LogP contribution >= 0.6 is 12.2 Å². The lowest BCUT2D eigenvalue weighted by atomic mass is 10.1. The highest BCUT2D eigenvalue weighted by Gasteiger charge is 2.08. The number of fused-ring (bicyclic) bond motifs is 1. The number of carbonyl (C=O) groups is 1. The van der Waals surface area contributed by atoms with E-state index in [1.54, 1.807) is 6.20 Å². The number of para-hydroxylation sites is 1. The molecule has 0 aliphatic carbocycles. The third kappa shape index (κ3) is 3.74. The molecule has 1 aromatic heterocycles. The molecule has 0 unspecified atom stereocenters. The van der Waals surface area contributed by atoms with Gasteiger partial charge in [0, 0.05) is 18.0 Å². The molecule has 1 amide bonds. The summed E-state index contributed by atoms with van der Waals surface area (Å²) in [4.78, 5) is 16.0. The van der Waals surface area contributed by atoms with E-state index in [-0.39, 0.29) is 5.91 Å². The van der Waals surface area contributed by atoms with Crippen molar-refractivity contribution in [1.29, 1.82) is 0 Å². The monoisotopic (exact) mass is 287 g/mol. The van der Waals surface area contributed by atoms with E-state index in [0.29, 0.717) is 17.5 Å². The Morgan fingerprint density at radius 3 is 2.80 bits per heavy atom. The Bertz CT molecular complexity index is 635. The van der Waals surface area contributed by atoms with Crippen molar-refractivity contribution < 1.29 is 4.79 Å². The third-order valence-corrected chi connectivity index (χ3v) is 2.93. The fraction of sp³-hybridized carbons (Fsp3) is 0.267. The highest BCUT2D eigenvalue weighted by atomic mass is 32.1. The van der Waals surface area contributed by atoms with Gasteiger partial charge < -0.3 is 10.6 Å². The Balaban J connectivity index is 2.08. The maximum Gasteiger partial charge on any atom is 0.226 e. The first kappa shape index (κ1) is 14.4. The summed E-state index contributed by atoms with van der Waals surface area (Å²) in [6, 6.07) is 9.65. The summed E-state index contributed by atoms with van der Waals surface area (Å²) >= 11 is 5.16. The first-order valence-electron chi connectivity index (χ1n) is 6.51. The molecule has 1 aromatic carbocycles. The largest absolute Gasteiger partial charge is 0.331 e. The van der Waals surface area contributed by atoms with Crippen LogP contribution in [-0.4, -0.2) is 16.0 Å². The number of aromatic nitrogens is 1. The summed E-state index contributed by atoms with van der Waals surface area (Å²) < 4.78 is 0. The topological polar surface area (TPSA) is 54.0 Å². The number of carbonyl (C=O) groups excluding carboxylic acids is 1. The van der Waals surface area contributed by atoms with Gasteiger partial charge in [-0.1, -0.05) is 32.0 Å². The van der Waals surface area contributed by atoms with Crippen molar-refractivity contribution in [3.05, 3.63) is 36.5 Å². The predicted molar refractivity (Wildman–Crippen MR) is 85.6 cm³/mol. The van der Waals surface area contributed by atoms with Gasteiger partial charge in [0.15, 0.2) is 5.11 Å². The van der Waals surface area contributed by atoms with Crippen molar-refractivity contribution in [2.75, 3.05) is 5.32 Å². The van der Waals surface area contributed by atoms with Crippen LogP contribution in [0.4, 0.5) is 5.69 Å². The summed E-state index contributed by atoms with van der Waals surface area (Å²) in [6.07, 6.45) is 2.18. The van der Waals surface area contributed by atoms with Crippen molar-refractivity contribution in [2.24, 2.45) is 5.92 Å². The molecule has 0 atom stereocenters. The van der Waals surface area contributed by atoms with Gasteiger partial charge in [-0.25, -0.2) is 0 Å². The van der Waals surface area contributed by atoms with Gasteiger partial charge in [-0.2, -0.15) is 0 Å². The molecule has 4 nitrogen and oxygen atoms in total. The molecule has 0 bridgehead atoms. The number of nitrogens with zero attached hydrogens (tertiary/aromatic N) is 1. The zero-order valence-corrected chi connectivity index (χ0v) is 12.3. The van der Waals surface area contributed by atoms with Crippen LogP contribution in [0.25, 0.3) is 10.9 Å². The van der Waals surface area contributed by atoms with Gasteiger partial charge in [0.2, 0.25) is 5.91 Å². The van der Waals surface area contributed by atoms with Crippen molar-refractivity contribution in [3.8, 4) is 0 Å². The van der Waals surface area contributed by atoms with E-state index in [1.807, 2.05) is 44.2 Å². The molecule has 2 rings (SSSR count). The minimum Gasteiger partial charge on any atom is -0.331 e. The molecule has 0 aliphatic heterocycles. The highest BCUT2D eigenvalue weighted by Crippen LogP contribution is 2.20. The van der Waals surface area contributed by atoms with Crippen LogP contribution in [0.5, 0.6) is 0 Å². The molecule has 0 radical (unpaired) electrons. The number of benzene rings is 1. The zero-order chi connectivity index (χ0) is 14.5. The fourth-order valence-corrected chi connectivity index (χ4v) is 2.13. The van der Waals surface area contributed by atoms with E-state index >= 15 is 0 Å². The van der Waals surface area contributed by atoms with Crippen LogP contribution in [0, 0.1) is 5.92 Å². The number of amides is 1.